The second-order valence-electron chi connectivity index (χ2n) is 1.97. The molecule has 0 aliphatic rings. The molecule has 0 saturated heterocycles. The molecule has 0 aromatic carbocycles. The van der Waals surface area contributed by atoms with E-state index in [1.165, 1.54) is 11.0 Å². The Labute approximate surface area is 63.4 Å². The molecule has 1 aromatic rings. The number of nitrogens with two attached hydrogens (primary N) is 1. The first-order chi connectivity index (χ1) is 5.22. The highest BCUT2D eigenvalue weighted by Crippen LogP contribution is 1.89. The van der Waals surface area contributed by atoms with Gasteiger partial charge in [-0.25, -0.2) is 0 Å². The van der Waals surface area contributed by atoms with Gasteiger partial charge >= 0.3 is 0 Å². The van der Waals surface area contributed by atoms with Crippen LogP contribution >= 0.6 is 0 Å². The SMILES string of the molecule is CNC(=O)Cn1ncc(N)n1. The fourth-order valence-corrected chi connectivity index (χ4v) is 0.594. The molecule has 0 spiro atoms. The molecular weight excluding hydrogens is 146 g/mol. The van der Waals surface area contributed by atoms with Crippen molar-refractivity contribution >= 4 is 11.7 Å². The number of likely N-dealkylation sites (N-methyl/N-ethyl adjacent to an activating group) is 1. The Bertz CT molecular complexity index is 255. The first-order valence-electron chi connectivity index (χ1n) is 3.08. The van der Waals surface area contributed by atoms with Gasteiger partial charge in [0.15, 0.2) is 5.82 Å². The fourth-order valence-electron chi connectivity index (χ4n) is 0.594. The molecule has 0 bridgehead atoms. The van der Waals surface area contributed by atoms with Crippen molar-refractivity contribution in [1.29, 1.82) is 0 Å². The van der Waals surface area contributed by atoms with Gasteiger partial charge in [0.05, 0.1) is 6.20 Å². The molecular formula is C5H9N5O. The quantitative estimate of drug-likeness (QED) is 0.550. The van der Waals surface area contributed by atoms with Crippen molar-refractivity contribution in [3.05, 3.63) is 6.20 Å². The number of aromatic nitrogens is 3. The van der Waals surface area contributed by atoms with Crippen molar-refractivity contribution in [2.24, 2.45) is 0 Å². The summed E-state index contributed by atoms with van der Waals surface area (Å²) < 4.78 is 0. The molecule has 3 N–H and O–H groups in total. The molecule has 6 heteroatoms. The molecule has 0 fully saturated rings. The van der Waals surface area contributed by atoms with Crippen LogP contribution in [0.3, 0.4) is 0 Å². The van der Waals surface area contributed by atoms with Gasteiger partial charge in [-0.2, -0.15) is 9.90 Å². The molecule has 11 heavy (non-hydrogen) atoms. The minimum atomic E-state index is -0.152. The second-order valence-corrected chi connectivity index (χ2v) is 1.97. The van der Waals surface area contributed by atoms with Crippen LogP contribution < -0.4 is 11.1 Å². The van der Waals surface area contributed by atoms with Gasteiger partial charge in [-0.3, -0.25) is 4.79 Å². The number of rotatable bonds is 2. The van der Waals surface area contributed by atoms with E-state index in [1.54, 1.807) is 7.05 Å². The molecule has 1 aromatic heterocycles. The van der Waals surface area contributed by atoms with Gasteiger partial charge in [-0.05, 0) is 0 Å². The predicted octanol–water partition coefficient (Wildman–Crippen LogP) is -1.39. The van der Waals surface area contributed by atoms with Gasteiger partial charge in [0.1, 0.15) is 6.54 Å². The zero-order valence-electron chi connectivity index (χ0n) is 6.11. The van der Waals surface area contributed by atoms with Crippen LogP contribution in [0.2, 0.25) is 0 Å². The second kappa shape index (κ2) is 3.00. The van der Waals surface area contributed by atoms with Gasteiger partial charge in [0, 0.05) is 7.05 Å². The van der Waals surface area contributed by atoms with Crippen molar-refractivity contribution < 1.29 is 4.79 Å². The molecule has 0 unspecified atom stereocenters. The first kappa shape index (κ1) is 7.52. The Kier molecular flexibility index (Phi) is 2.05. The van der Waals surface area contributed by atoms with Crippen LogP contribution in [0.25, 0.3) is 0 Å². The Morgan fingerprint density at radius 3 is 3.09 bits per heavy atom. The van der Waals surface area contributed by atoms with Gasteiger partial charge < -0.3 is 11.1 Å². The summed E-state index contributed by atoms with van der Waals surface area (Å²) in [6, 6.07) is 0. The highest BCUT2D eigenvalue weighted by molar-refractivity contribution is 5.75. The zero-order valence-corrected chi connectivity index (χ0v) is 6.11. The van der Waals surface area contributed by atoms with Gasteiger partial charge in [0.2, 0.25) is 5.91 Å². The van der Waals surface area contributed by atoms with Crippen LogP contribution in [0.1, 0.15) is 0 Å². The average Bonchev–Trinajstić information content (AvgIpc) is 2.35. The summed E-state index contributed by atoms with van der Waals surface area (Å²) in [4.78, 5) is 12.0. The minimum absolute atomic E-state index is 0.105. The Morgan fingerprint density at radius 2 is 2.64 bits per heavy atom. The van der Waals surface area contributed by atoms with E-state index < -0.39 is 0 Å². The number of nitrogens with zero attached hydrogens (tertiary/aromatic N) is 3. The topological polar surface area (TPSA) is 85.8 Å². The van der Waals surface area contributed by atoms with Crippen molar-refractivity contribution in [3.8, 4) is 0 Å². The number of amides is 1. The lowest BCUT2D eigenvalue weighted by Crippen LogP contribution is -2.24. The van der Waals surface area contributed by atoms with E-state index in [-0.39, 0.29) is 12.5 Å². The van der Waals surface area contributed by atoms with E-state index >= 15 is 0 Å². The van der Waals surface area contributed by atoms with E-state index in [4.69, 9.17) is 5.73 Å². The number of carbonyl (C=O) groups excluding carboxylic acids is 1. The summed E-state index contributed by atoms with van der Waals surface area (Å²) in [7, 11) is 1.55. The molecule has 1 heterocycles. The Morgan fingerprint density at radius 1 is 1.91 bits per heavy atom. The Balaban J connectivity index is 2.57. The van der Waals surface area contributed by atoms with Crippen molar-refractivity contribution in [2.75, 3.05) is 12.8 Å². The van der Waals surface area contributed by atoms with Crippen LogP contribution in [-0.4, -0.2) is 27.9 Å². The summed E-state index contributed by atoms with van der Waals surface area (Å²) in [5.74, 6) is 0.162. The lowest BCUT2D eigenvalue weighted by molar-refractivity contribution is -0.121. The molecule has 0 saturated carbocycles. The standard InChI is InChI=1S/C5H9N5O/c1-7-5(11)3-10-8-2-4(6)9-10/h2H,3H2,1H3,(H2,6,9)(H,7,11). The molecule has 1 amide bonds. The molecule has 0 aliphatic heterocycles. The van der Waals surface area contributed by atoms with E-state index in [1.807, 2.05) is 0 Å². The van der Waals surface area contributed by atoms with Gasteiger partial charge in [0.25, 0.3) is 0 Å². The molecule has 1 rings (SSSR count). The van der Waals surface area contributed by atoms with Crippen molar-refractivity contribution in [2.45, 2.75) is 6.54 Å². The van der Waals surface area contributed by atoms with Gasteiger partial charge in [-0.15, -0.1) is 5.10 Å². The first-order valence-corrected chi connectivity index (χ1v) is 3.08. The number of hydrogen-bond acceptors (Lipinski definition) is 4. The number of hydrogen-bond donors (Lipinski definition) is 2. The predicted molar refractivity (Wildman–Crippen MR) is 38.5 cm³/mol. The van der Waals surface area contributed by atoms with Crippen LogP contribution in [0.5, 0.6) is 0 Å². The van der Waals surface area contributed by atoms with Gasteiger partial charge in [-0.1, -0.05) is 0 Å². The maximum Gasteiger partial charge on any atom is 0.243 e. The maximum atomic E-state index is 10.7. The number of anilines is 1. The highest BCUT2D eigenvalue weighted by Gasteiger charge is 2.00. The van der Waals surface area contributed by atoms with E-state index in [9.17, 15) is 4.79 Å². The molecule has 0 aliphatic carbocycles. The molecule has 6 nitrogen and oxygen atoms in total. The molecule has 0 atom stereocenters. The highest BCUT2D eigenvalue weighted by atomic mass is 16.2. The van der Waals surface area contributed by atoms with Crippen LogP contribution in [-0.2, 0) is 11.3 Å². The number of nitrogens with one attached hydrogen (secondary N) is 1. The third-order valence-electron chi connectivity index (χ3n) is 1.12. The zero-order chi connectivity index (χ0) is 8.27. The monoisotopic (exact) mass is 155 g/mol. The lowest BCUT2D eigenvalue weighted by Gasteiger charge is -1.96. The fraction of sp³-hybridized carbons (Fsp3) is 0.400. The smallest absolute Gasteiger partial charge is 0.243 e. The van der Waals surface area contributed by atoms with Crippen LogP contribution in [0.15, 0.2) is 6.20 Å². The summed E-state index contributed by atoms with van der Waals surface area (Å²) >= 11 is 0. The van der Waals surface area contributed by atoms with Crippen molar-refractivity contribution in [1.82, 2.24) is 20.3 Å². The Hall–Kier alpha value is -1.59. The molecule has 60 valence electrons. The normalized spacial score (nSPS) is 9.55. The average molecular weight is 155 g/mol. The largest absolute Gasteiger partial charge is 0.381 e. The van der Waals surface area contributed by atoms with E-state index in [2.05, 4.69) is 15.5 Å². The number of carbonyl (C=O) groups is 1. The maximum absolute atomic E-state index is 10.7. The summed E-state index contributed by atoms with van der Waals surface area (Å²) in [5, 5.41) is 9.89. The van der Waals surface area contributed by atoms with Crippen LogP contribution in [0.4, 0.5) is 5.82 Å². The van der Waals surface area contributed by atoms with E-state index in [0.29, 0.717) is 5.82 Å². The van der Waals surface area contributed by atoms with E-state index in [0.717, 1.165) is 0 Å². The summed E-state index contributed by atoms with van der Waals surface area (Å²) in [6.07, 6.45) is 1.39. The lowest BCUT2D eigenvalue weighted by atomic mass is 10.6. The summed E-state index contributed by atoms with van der Waals surface area (Å²) in [6.45, 7) is 0.105. The number of nitrogen functional groups attached to an aromatic ring is 1. The third kappa shape index (κ3) is 1.92. The van der Waals surface area contributed by atoms with Crippen LogP contribution in [0, 0.1) is 0 Å². The van der Waals surface area contributed by atoms with Crippen molar-refractivity contribution in [3.63, 3.8) is 0 Å². The third-order valence-corrected chi connectivity index (χ3v) is 1.12. The molecule has 0 radical (unpaired) electrons. The minimum Gasteiger partial charge on any atom is -0.381 e. The summed E-state index contributed by atoms with van der Waals surface area (Å²) in [5.41, 5.74) is 5.27.